The fourth-order valence-electron chi connectivity index (χ4n) is 4.49. The summed E-state index contributed by atoms with van der Waals surface area (Å²) in [6.45, 7) is 2.17. The zero-order valence-corrected chi connectivity index (χ0v) is 17.4. The number of benzene rings is 2. The largest absolute Gasteiger partial charge is 0.480 e. The first-order valence-electron chi connectivity index (χ1n) is 10.8. The molecule has 7 nitrogen and oxygen atoms in total. The maximum Gasteiger partial charge on any atom is 0.407 e. The molecule has 3 N–H and O–H groups in total. The van der Waals surface area contributed by atoms with E-state index in [1.54, 1.807) is 0 Å². The van der Waals surface area contributed by atoms with Crippen molar-refractivity contribution in [2.75, 3.05) is 26.2 Å². The smallest absolute Gasteiger partial charge is 0.407 e. The monoisotopic (exact) mass is 424 g/mol. The van der Waals surface area contributed by atoms with E-state index < -0.39 is 18.1 Å². The molecule has 1 atom stereocenters. The van der Waals surface area contributed by atoms with E-state index in [1.165, 1.54) is 0 Å². The molecule has 0 saturated carbocycles. The highest BCUT2D eigenvalue weighted by Gasteiger charge is 2.30. The van der Waals surface area contributed by atoms with E-state index in [1.807, 2.05) is 36.4 Å². The van der Waals surface area contributed by atoms with Crippen molar-refractivity contribution in [1.82, 2.24) is 10.2 Å². The van der Waals surface area contributed by atoms with Gasteiger partial charge in [0.15, 0.2) is 0 Å². The number of aliphatic hydroxyl groups is 1. The molecule has 1 fully saturated rings. The van der Waals surface area contributed by atoms with Crippen LogP contribution in [-0.2, 0) is 9.53 Å². The van der Waals surface area contributed by atoms with Crippen LogP contribution in [0.25, 0.3) is 11.1 Å². The Morgan fingerprint density at radius 1 is 1.03 bits per heavy atom. The van der Waals surface area contributed by atoms with E-state index in [-0.39, 0.29) is 25.0 Å². The number of carboxylic acids is 1. The molecule has 2 aromatic rings. The first-order valence-corrected chi connectivity index (χ1v) is 10.8. The molecule has 0 aromatic heterocycles. The standard InChI is InChI=1S/C24H28N2O5/c27-16-9-12-26(13-10-16)14-11-22(23(28)29)25-24(30)31-15-21-19-7-3-1-5-17(19)18-6-2-4-8-20(18)21/h1-8,16,21-22,27H,9-15H2,(H,25,30)(H,28,29)/t22-/m0/s1. The van der Waals surface area contributed by atoms with Crippen molar-refractivity contribution in [3.63, 3.8) is 0 Å². The molecule has 0 unspecified atom stereocenters. The van der Waals surface area contributed by atoms with Gasteiger partial charge in [0.25, 0.3) is 0 Å². The number of hydrogen-bond donors (Lipinski definition) is 3. The van der Waals surface area contributed by atoms with E-state index in [4.69, 9.17) is 4.74 Å². The number of likely N-dealkylation sites (tertiary alicyclic amines) is 1. The summed E-state index contributed by atoms with van der Waals surface area (Å²) >= 11 is 0. The molecule has 1 aliphatic heterocycles. The molecule has 0 spiro atoms. The molecule has 4 rings (SSSR count). The molecule has 2 aromatic carbocycles. The average Bonchev–Trinajstić information content (AvgIpc) is 3.10. The summed E-state index contributed by atoms with van der Waals surface area (Å²) in [5.74, 6) is -1.15. The van der Waals surface area contributed by atoms with Crippen LogP contribution in [0.1, 0.15) is 36.3 Å². The topological polar surface area (TPSA) is 99.1 Å². The third-order valence-electron chi connectivity index (χ3n) is 6.22. The number of ether oxygens (including phenoxy) is 1. The van der Waals surface area contributed by atoms with E-state index in [2.05, 4.69) is 22.3 Å². The lowest BCUT2D eigenvalue weighted by Crippen LogP contribution is -2.45. The number of carbonyl (C=O) groups is 2. The van der Waals surface area contributed by atoms with Crippen molar-refractivity contribution in [2.24, 2.45) is 0 Å². The van der Waals surface area contributed by atoms with Gasteiger partial charge in [0.2, 0.25) is 0 Å². The number of aliphatic hydroxyl groups excluding tert-OH is 1. The lowest BCUT2D eigenvalue weighted by molar-refractivity contribution is -0.139. The van der Waals surface area contributed by atoms with E-state index in [0.717, 1.165) is 35.3 Å². The fraction of sp³-hybridized carbons (Fsp3) is 0.417. The van der Waals surface area contributed by atoms with E-state index >= 15 is 0 Å². The summed E-state index contributed by atoms with van der Waals surface area (Å²) in [5.41, 5.74) is 4.50. The van der Waals surface area contributed by atoms with Crippen LogP contribution >= 0.6 is 0 Å². The number of carboxylic acid groups (broad SMARTS) is 1. The Morgan fingerprint density at radius 2 is 1.61 bits per heavy atom. The Labute approximate surface area is 181 Å². The zero-order chi connectivity index (χ0) is 21.8. The molecule has 0 bridgehead atoms. The SMILES string of the molecule is O=C(N[C@@H](CCN1CCC(O)CC1)C(=O)O)OCC1c2ccccc2-c2ccccc21. The maximum atomic E-state index is 12.4. The minimum absolute atomic E-state index is 0.0683. The highest BCUT2D eigenvalue weighted by molar-refractivity contribution is 5.81. The van der Waals surface area contributed by atoms with Gasteiger partial charge in [-0.3, -0.25) is 0 Å². The minimum Gasteiger partial charge on any atom is -0.480 e. The van der Waals surface area contributed by atoms with E-state index in [0.29, 0.717) is 19.4 Å². The van der Waals surface area contributed by atoms with Gasteiger partial charge in [0, 0.05) is 25.6 Å². The molecule has 1 aliphatic carbocycles. The fourth-order valence-corrected chi connectivity index (χ4v) is 4.49. The second-order valence-corrected chi connectivity index (χ2v) is 8.22. The molecule has 2 aliphatic rings. The number of hydrogen-bond acceptors (Lipinski definition) is 5. The summed E-state index contributed by atoms with van der Waals surface area (Å²) < 4.78 is 5.47. The molecule has 164 valence electrons. The summed E-state index contributed by atoms with van der Waals surface area (Å²) in [4.78, 5) is 26.1. The third kappa shape index (κ3) is 4.89. The van der Waals surface area contributed by atoms with Crippen LogP contribution in [0.15, 0.2) is 48.5 Å². The summed E-state index contributed by atoms with van der Waals surface area (Å²) in [6.07, 6.45) is 0.679. The summed E-state index contributed by atoms with van der Waals surface area (Å²) in [5, 5.41) is 21.6. The van der Waals surface area contributed by atoms with Crippen LogP contribution in [0.3, 0.4) is 0 Å². The number of amides is 1. The number of carbonyl (C=O) groups excluding carboxylic acids is 1. The average molecular weight is 424 g/mol. The first kappa shape index (κ1) is 21.3. The molecule has 31 heavy (non-hydrogen) atoms. The number of nitrogens with one attached hydrogen (secondary N) is 1. The highest BCUT2D eigenvalue weighted by Crippen LogP contribution is 2.44. The molecular weight excluding hydrogens is 396 g/mol. The predicted octanol–water partition coefficient (Wildman–Crippen LogP) is 2.83. The second-order valence-electron chi connectivity index (χ2n) is 8.22. The van der Waals surface area contributed by atoms with Crippen LogP contribution in [0.2, 0.25) is 0 Å². The second kappa shape index (κ2) is 9.49. The number of piperidine rings is 1. The van der Waals surface area contributed by atoms with Crippen LogP contribution < -0.4 is 5.32 Å². The maximum absolute atomic E-state index is 12.4. The first-order chi connectivity index (χ1) is 15.0. The van der Waals surface area contributed by atoms with E-state index in [9.17, 15) is 19.8 Å². The van der Waals surface area contributed by atoms with Crippen LogP contribution in [-0.4, -0.2) is 65.6 Å². The number of fused-ring (bicyclic) bond motifs is 3. The van der Waals surface area contributed by atoms with Gasteiger partial charge in [-0.2, -0.15) is 0 Å². The van der Waals surface area contributed by atoms with Crippen molar-refractivity contribution < 1.29 is 24.5 Å². The lowest BCUT2D eigenvalue weighted by Gasteiger charge is -2.30. The predicted molar refractivity (Wildman–Crippen MR) is 116 cm³/mol. The molecule has 1 saturated heterocycles. The van der Waals surface area contributed by atoms with Gasteiger partial charge in [-0.05, 0) is 41.5 Å². The Balaban J connectivity index is 1.33. The Morgan fingerprint density at radius 3 is 2.19 bits per heavy atom. The summed E-state index contributed by atoms with van der Waals surface area (Å²) in [7, 11) is 0. The van der Waals surface area contributed by atoms with Gasteiger partial charge < -0.3 is 25.2 Å². The number of alkyl carbamates (subject to hydrolysis) is 1. The van der Waals surface area contributed by atoms with Crippen LogP contribution in [0, 0.1) is 0 Å². The lowest BCUT2D eigenvalue weighted by atomic mass is 9.98. The Bertz CT molecular complexity index is 894. The minimum atomic E-state index is -1.08. The quantitative estimate of drug-likeness (QED) is 0.632. The van der Waals surface area contributed by atoms with Gasteiger partial charge in [0.1, 0.15) is 12.6 Å². The molecule has 1 heterocycles. The van der Waals surface area contributed by atoms with Gasteiger partial charge in [0.05, 0.1) is 6.10 Å². The molecule has 1 amide bonds. The molecular formula is C24H28N2O5. The van der Waals surface area contributed by atoms with Gasteiger partial charge in [-0.1, -0.05) is 48.5 Å². The van der Waals surface area contributed by atoms with Gasteiger partial charge in [-0.15, -0.1) is 0 Å². The van der Waals surface area contributed by atoms with Crippen LogP contribution in [0.5, 0.6) is 0 Å². The number of nitrogens with zero attached hydrogens (tertiary/aromatic N) is 1. The molecule has 7 heteroatoms. The number of aliphatic carboxylic acids is 1. The normalized spacial score (nSPS) is 17.6. The van der Waals surface area contributed by atoms with Gasteiger partial charge >= 0.3 is 12.1 Å². The Hall–Kier alpha value is -2.90. The van der Waals surface area contributed by atoms with Crippen molar-refractivity contribution >= 4 is 12.1 Å². The zero-order valence-electron chi connectivity index (χ0n) is 17.4. The van der Waals surface area contributed by atoms with Crippen molar-refractivity contribution in [2.45, 2.75) is 37.3 Å². The van der Waals surface area contributed by atoms with Gasteiger partial charge in [-0.25, -0.2) is 9.59 Å². The molecule has 0 radical (unpaired) electrons. The van der Waals surface area contributed by atoms with Crippen LogP contribution in [0.4, 0.5) is 4.79 Å². The van der Waals surface area contributed by atoms with Crippen molar-refractivity contribution in [1.29, 1.82) is 0 Å². The Kier molecular flexibility index (Phi) is 6.53. The third-order valence-corrected chi connectivity index (χ3v) is 6.22. The number of rotatable bonds is 7. The summed E-state index contributed by atoms with van der Waals surface area (Å²) in [6, 6.07) is 15.1. The van der Waals surface area contributed by atoms with Crippen molar-refractivity contribution in [3.8, 4) is 11.1 Å². The highest BCUT2D eigenvalue weighted by atomic mass is 16.5. The van der Waals surface area contributed by atoms with Crippen molar-refractivity contribution in [3.05, 3.63) is 59.7 Å².